The van der Waals surface area contributed by atoms with Crippen LogP contribution in [0.5, 0.6) is 0 Å². The fourth-order valence-electron chi connectivity index (χ4n) is 5.10. The van der Waals surface area contributed by atoms with Gasteiger partial charge in [0.2, 0.25) is 17.7 Å². The molecule has 1 heterocycles. The first-order valence-corrected chi connectivity index (χ1v) is 13.0. The maximum atomic E-state index is 13.5. The van der Waals surface area contributed by atoms with Crippen LogP contribution in [0, 0.1) is 17.3 Å². The average molecular weight is 487 g/mol. The minimum atomic E-state index is -0.803. The van der Waals surface area contributed by atoms with E-state index in [0.29, 0.717) is 38.8 Å². The first kappa shape index (κ1) is 27.1. The molecule has 2 aliphatic rings. The summed E-state index contributed by atoms with van der Waals surface area (Å²) in [5, 5.41) is 16.3. The van der Waals surface area contributed by atoms with Gasteiger partial charge in [0.25, 0.3) is 0 Å². The minimum Gasteiger partial charge on any atom is -0.391 e. The minimum absolute atomic E-state index is 0.00564. The van der Waals surface area contributed by atoms with Gasteiger partial charge in [0.1, 0.15) is 0 Å². The number of carbonyl (C=O) groups excluding carboxylic acids is 3. The van der Waals surface area contributed by atoms with Gasteiger partial charge in [-0.05, 0) is 55.6 Å². The number of unbranched alkanes of at least 4 members (excludes halogenated alkanes) is 1. The Labute approximate surface area is 209 Å². The van der Waals surface area contributed by atoms with E-state index in [1.807, 2.05) is 31.2 Å². The molecule has 0 saturated heterocycles. The molecule has 1 aromatic carbocycles. The summed E-state index contributed by atoms with van der Waals surface area (Å²) in [7, 11) is 1.62. The third-order valence-electron chi connectivity index (χ3n) is 7.59. The molecule has 1 aromatic rings. The first-order chi connectivity index (χ1) is 16.7. The number of fused-ring (bicyclic) bond motifs is 1. The number of carbonyl (C=O) groups is 3. The summed E-state index contributed by atoms with van der Waals surface area (Å²) in [5.41, 5.74) is 8.02. The molecule has 0 unspecified atom stereocenters. The van der Waals surface area contributed by atoms with Crippen molar-refractivity contribution < 1.29 is 19.5 Å². The molecule has 1 aliphatic heterocycles. The van der Waals surface area contributed by atoms with E-state index in [2.05, 4.69) is 17.6 Å². The molecule has 1 fully saturated rings. The van der Waals surface area contributed by atoms with E-state index < -0.39 is 12.1 Å². The largest absolute Gasteiger partial charge is 0.391 e. The molecular formula is C27H42N4O4. The number of para-hydroxylation sites is 1. The third kappa shape index (κ3) is 7.04. The van der Waals surface area contributed by atoms with Crippen LogP contribution in [0.3, 0.4) is 0 Å². The standard InChI is InChI=1S/C27H42N4O4/c1-4-5-12-30-25(34)18(2)13-23(32)21(28)15-27(10-11-27)16-24(33)31-17-20(26(35)29-3)14-19-8-6-7-9-22(19)31/h6-9,18,20-21,23,32H,4-5,10-17,28H2,1-3H3,(H,29,35)(H,30,34)/t18-,20-,21+,23+/m1/s1. The number of aliphatic hydroxyl groups excluding tert-OH is 1. The zero-order valence-electron chi connectivity index (χ0n) is 21.4. The SMILES string of the molecule is CCCCNC(=O)[C@H](C)C[C@H](O)[C@@H](N)CC1(CC(=O)N2C[C@H](C(=O)NC)Cc3ccccc32)CC1. The van der Waals surface area contributed by atoms with E-state index in [9.17, 15) is 19.5 Å². The number of benzene rings is 1. The molecule has 3 amide bonds. The molecule has 8 heteroatoms. The number of rotatable bonds is 12. The summed E-state index contributed by atoms with van der Waals surface area (Å²) in [6.07, 6.45) is 4.72. The van der Waals surface area contributed by atoms with Crippen LogP contribution in [0.4, 0.5) is 5.69 Å². The highest BCUT2D eigenvalue weighted by molar-refractivity contribution is 5.96. The lowest BCUT2D eigenvalue weighted by atomic mass is 9.86. The van der Waals surface area contributed by atoms with Gasteiger partial charge in [0, 0.05) is 44.2 Å². The van der Waals surface area contributed by atoms with Crippen molar-refractivity contribution in [2.45, 2.75) is 77.4 Å². The van der Waals surface area contributed by atoms with Crippen LogP contribution in [0.25, 0.3) is 0 Å². The normalized spacial score (nSPS) is 20.8. The Morgan fingerprint density at radius 3 is 2.63 bits per heavy atom. The van der Waals surface area contributed by atoms with Crippen molar-refractivity contribution in [3.05, 3.63) is 29.8 Å². The van der Waals surface area contributed by atoms with Crippen molar-refractivity contribution >= 4 is 23.4 Å². The first-order valence-electron chi connectivity index (χ1n) is 13.0. The molecule has 0 spiro atoms. The molecule has 1 aliphatic carbocycles. The van der Waals surface area contributed by atoms with E-state index in [1.165, 1.54) is 0 Å². The van der Waals surface area contributed by atoms with E-state index in [1.54, 1.807) is 11.9 Å². The Bertz CT molecular complexity index is 901. The molecule has 0 aromatic heterocycles. The second-order valence-electron chi connectivity index (χ2n) is 10.5. The number of nitrogens with two attached hydrogens (primary N) is 1. The van der Waals surface area contributed by atoms with E-state index >= 15 is 0 Å². The Kier molecular flexibility index (Phi) is 9.30. The number of amides is 3. The summed E-state index contributed by atoms with van der Waals surface area (Å²) in [6, 6.07) is 7.27. The number of nitrogens with zero attached hydrogens (tertiary/aromatic N) is 1. The van der Waals surface area contributed by atoms with Gasteiger partial charge in [0.05, 0.1) is 12.0 Å². The molecule has 35 heavy (non-hydrogen) atoms. The topological polar surface area (TPSA) is 125 Å². The van der Waals surface area contributed by atoms with Gasteiger partial charge in [0.15, 0.2) is 0 Å². The quantitative estimate of drug-likeness (QED) is 0.337. The number of nitrogens with one attached hydrogen (secondary N) is 2. The molecule has 0 radical (unpaired) electrons. The molecular weight excluding hydrogens is 444 g/mol. The average Bonchev–Trinajstić information content (AvgIpc) is 3.60. The lowest BCUT2D eigenvalue weighted by Gasteiger charge is -2.35. The van der Waals surface area contributed by atoms with Crippen molar-refractivity contribution in [1.82, 2.24) is 10.6 Å². The molecule has 1 saturated carbocycles. The van der Waals surface area contributed by atoms with Gasteiger partial charge in [-0.1, -0.05) is 38.5 Å². The van der Waals surface area contributed by atoms with Crippen molar-refractivity contribution in [2.75, 3.05) is 25.0 Å². The predicted octanol–water partition coefficient (Wildman–Crippen LogP) is 2.13. The van der Waals surface area contributed by atoms with Crippen molar-refractivity contribution in [3.63, 3.8) is 0 Å². The van der Waals surface area contributed by atoms with Gasteiger partial charge in [-0.3, -0.25) is 14.4 Å². The molecule has 0 bridgehead atoms. The number of hydrogen-bond donors (Lipinski definition) is 4. The maximum Gasteiger partial charge on any atom is 0.227 e. The molecule has 194 valence electrons. The summed E-state index contributed by atoms with van der Waals surface area (Å²) in [4.78, 5) is 39.8. The fourth-order valence-corrected chi connectivity index (χ4v) is 5.10. The Morgan fingerprint density at radius 2 is 1.97 bits per heavy atom. The molecule has 4 atom stereocenters. The van der Waals surface area contributed by atoms with E-state index in [4.69, 9.17) is 5.73 Å². The van der Waals surface area contributed by atoms with Crippen LogP contribution in [0.15, 0.2) is 24.3 Å². The number of anilines is 1. The zero-order valence-corrected chi connectivity index (χ0v) is 21.4. The van der Waals surface area contributed by atoms with Gasteiger partial charge in [-0.15, -0.1) is 0 Å². The van der Waals surface area contributed by atoms with Crippen LogP contribution >= 0.6 is 0 Å². The summed E-state index contributed by atoms with van der Waals surface area (Å²) in [5.74, 6) is -0.722. The van der Waals surface area contributed by atoms with Crippen molar-refractivity contribution in [2.24, 2.45) is 23.0 Å². The molecule has 5 N–H and O–H groups in total. The molecule has 3 rings (SSSR count). The smallest absolute Gasteiger partial charge is 0.227 e. The molecule has 8 nitrogen and oxygen atoms in total. The highest BCUT2D eigenvalue weighted by Gasteiger charge is 2.47. The van der Waals surface area contributed by atoms with Crippen LogP contribution in [0.1, 0.15) is 64.4 Å². The second-order valence-corrected chi connectivity index (χ2v) is 10.5. The Balaban J connectivity index is 1.58. The lowest BCUT2D eigenvalue weighted by Crippen LogP contribution is -2.46. The summed E-state index contributed by atoms with van der Waals surface area (Å²) >= 11 is 0. The van der Waals surface area contributed by atoms with Crippen LogP contribution in [0.2, 0.25) is 0 Å². The van der Waals surface area contributed by atoms with Crippen LogP contribution in [-0.2, 0) is 20.8 Å². The van der Waals surface area contributed by atoms with Crippen LogP contribution < -0.4 is 21.3 Å². The van der Waals surface area contributed by atoms with Gasteiger partial charge in [-0.25, -0.2) is 0 Å². The highest BCUT2D eigenvalue weighted by Crippen LogP contribution is 2.53. The summed E-state index contributed by atoms with van der Waals surface area (Å²) in [6.45, 7) is 4.89. The third-order valence-corrected chi connectivity index (χ3v) is 7.59. The lowest BCUT2D eigenvalue weighted by molar-refractivity contribution is -0.126. The van der Waals surface area contributed by atoms with Crippen molar-refractivity contribution in [1.29, 1.82) is 0 Å². The monoisotopic (exact) mass is 486 g/mol. The number of hydrogen-bond acceptors (Lipinski definition) is 5. The van der Waals surface area contributed by atoms with Gasteiger partial charge >= 0.3 is 0 Å². The van der Waals surface area contributed by atoms with Gasteiger partial charge in [-0.2, -0.15) is 0 Å². The second kappa shape index (κ2) is 12.0. The van der Waals surface area contributed by atoms with Crippen LogP contribution in [-0.4, -0.2) is 55.1 Å². The van der Waals surface area contributed by atoms with E-state index in [-0.39, 0.29) is 35.0 Å². The summed E-state index contributed by atoms with van der Waals surface area (Å²) < 4.78 is 0. The van der Waals surface area contributed by atoms with E-state index in [0.717, 1.165) is 36.9 Å². The Morgan fingerprint density at radius 1 is 1.26 bits per heavy atom. The van der Waals surface area contributed by atoms with Gasteiger partial charge < -0.3 is 26.4 Å². The predicted molar refractivity (Wildman–Crippen MR) is 137 cm³/mol. The maximum absolute atomic E-state index is 13.5. The highest BCUT2D eigenvalue weighted by atomic mass is 16.3. The van der Waals surface area contributed by atoms with Crippen molar-refractivity contribution in [3.8, 4) is 0 Å². The Hall–Kier alpha value is -2.45. The zero-order chi connectivity index (χ0) is 25.6. The number of aliphatic hydroxyl groups is 1. The fraction of sp³-hybridized carbons (Fsp3) is 0.667.